The van der Waals surface area contributed by atoms with Crippen molar-refractivity contribution in [3.8, 4) is 11.5 Å². The molecule has 0 saturated carbocycles. The first-order chi connectivity index (χ1) is 17.0. The first-order valence-electron chi connectivity index (χ1n) is 11.5. The number of anilines is 2. The molecule has 1 aliphatic heterocycles. The molecule has 1 heterocycles. The van der Waals surface area contributed by atoms with Crippen molar-refractivity contribution < 1.29 is 19.1 Å². The molecule has 1 fully saturated rings. The number of para-hydroxylation sites is 1. The molecule has 2 N–H and O–H groups in total. The Morgan fingerprint density at radius 1 is 1.09 bits per heavy atom. The van der Waals surface area contributed by atoms with Crippen molar-refractivity contribution in [3.05, 3.63) is 82.9 Å². The lowest BCUT2D eigenvalue weighted by Gasteiger charge is -2.19. The molecule has 2 amide bonds. The van der Waals surface area contributed by atoms with Crippen LogP contribution in [0.3, 0.4) is 0 Å². The number of nitrogens with one attached hydrogen (secondary N) is 2. The van der Waals surface area contributed by atoms with Crippen LogP contribution in [0.25, 0.3) is 0 Å². The number of carbonyl (C=O) groups excluding carboxylic acids is 2. The van der Waals surface area contributed by atoms with E-state index in [-0.39, 0.29) is 24.8 Å². The Morgan fingerprint density at radius 2 is 1.86 bits per heavy atom. The van der Waals surface area contributed by atoms with E-state index < -0.39 is 5.92 Å². The Balaban J connectivity index is 1.41. The molecule has 0 aliphatic carbocycles. The largest absolute Gasteiger partial charge is 0.493 e. The highest BCUT2D eigenvalue weighted by Gasteiger charge is 2.35. The molecule has 1 saturated heterocycles. The summed E-state index contributed by atoms with van der Waals surface area (Å²) in [6.45, 7) is 2.64. The third-order valence-electron chi connectivity index (χ3n) is 6.00. The summed E-state index contributed by atoms with van der Waals surface area (Å²) in [5.74, 6) is 0.133. The summed E-state index contributed by atoms with van der Waals surface area (Å²) in [6, 6.07) is 20.6. The number of ether oxygens (including phenoxy) is 2. The van der Waals surface area contributed by atoms with Gasteiger partial charge in [0.25, 0.3) is 0 Å². The number of hydrazine groups is 1. The van der Waals surface area contributed by atoms with E-state index in [2.05, 4.69) is 17.8 Å². The van der Waals surface area contributed by atoms with Gasteiger partial charge in [-0.3, -0.25) is 20.4 Å². The van der Waals surface area contributed by atoms with Crippen molar-refractivity contribution in [1.82, 2.24) is 5.43 Å². The fourth-order valence-electron chi connectivity index (χ4n) is 3.96. The van der Waals surface area contributed by atoms with Crippen LogP contribution in [0.2, 0.25) is 5.02 Å². The van der Waals surface area contributed by atoms with Gasteiger partial charge in [-0.15, -0.1) is 0 Å². The number of methoxy groups -OCH3 is 1. The number of hydrogen-bond acceptors (Lipinski definition) is 5. The molecule has 35 heavy (non-hydrogen) atoms. The summed E-state index contributed by atoms with van der Waals surface area (Å²) < 4.78 is 11.5. The average Bonchev–Trinajstić information content (AvgIpc) is 3.28. The van der Waals surface area contributed by atoms with Gasteiger partial charge >= 0.3 is 0 Å². The van der Waals surface area contributed by atoms with Gasteiger partial charge in [0.15, 0.2) is 11.5 Å². The van der Waals surface area contributed by atoms with Crippen LogP contribution in [-0.4, -0.2) is 25.5 Å². The Labute approximate surface area is 210 Å². The quantitative estimate of drug-likeness (QED) is 0.411. The standard InChI is InChI=1S/C27H28ClN3O4/c1-3-18-11-13-21(14-12-18)31-16-20(15-25(31)32)27(33)30-29-23-9-6-10-24(34-2)26(23)35-17-19-7-4-5-8-22(19)28/h4-14,20,29H,3,15-17H2,1-2H3,(H,30,33)/t20-/m0/s1. The molecule has 0 unspecified atom stereocenters. The molecular weight excluding hydrogens is 466 g/mol. The number of carbonyl (C=O) groups is 2. The third kappa shape index (κ3) is 5.69. The van der Waals surface area contributed by atoms with Crippen molar-refractivity contribution >= 4 is 34.8 Å². The van der Waals surface area contributed by atoms with Gasteiger partial charge in [0, 0.05) is 29.2 Å². The fraction of sp³-hybridized carbons (Fsp3) is 0.259. The maximum Gasteiger partial charge on any atom is 0.243 e. The number of benzene rings is 3. The maximum atomic E-state index is 12.9. The van der Waals surface area contributed by atoms with Gasteiger partial charge in [0.1, 0.15) is 6.61 Å². The van der Waals surface area contributed by atoms with Crippen molar-refractivity contribution in [2.75, 3.05) is 24.0 Å². The Bertz CT molecular complexity index is 1200. The lowest BCUT2D eigenvalue weighted by atomic mass is 10.1. The van der Waals surface area contributed by atoms with Crippen LogP contribution in [0.1, 0.15) is 24.5 Å². The lowest BCUT2D eigenvalue weighted by Crippen LogP contribution is -2.36. The van der Waals surface area contributed by atoms with E-state index in [0.29, 0.717) is 28.8 Å². The second-order valence-electron chi connectivity index (χ2n) is 8.26. The summed E-state index contributed by atoms with van der Waals surface area (Å²) in [5.41, 5.74) is 9.01. The van der Waals surface area contributed by atoms with Crippen LogP contribution in [0.4, 0.5) is 11.4 Å². The molecule has 1 atom stereocenters. The number of hydrogen-bond donors (Lipinski definition) is 2. The molecule has 182 valence electrons. The molecule has 0 radical (unpaired) electrons. The van der Waals surface area contributed by atoms with Gasteiger partial charge in [-0.2, -0.15) is 0 Å². The minimum Gasteiger partial charge on any atom is -0.493 e. The lowest BCUT2D eigenvalue weighted by molar-refractivity contribution is -0.125. The SMILES string of the molecule is CCc1ccc(N2C[C@@H](C(=O)NNc3cccc(OC)c3OCc3ccccc3Cl)CC2=O)cc1. The second kappa shape index (κ2) is 11.1. The summed E-state index contributed by atoms with van der Waals surface area (Å²) in [5, 5.41) is 0.602. The molecule has 0 spiro atoms. The Hall–Kier alpha value is -3.71. The predicted molar refractivity (Wildman–Crippen MR) is 137 cm³/mol. The Morgan fingerprint density at radius 3 is 2.57 bits per heavy atom. The Kier molecular flexibility index (Phi) is 7.77. The first-order valence-corrected chi connectivity index (χ1v) is 11.9. The summed E-state index contributed by atoms with van der Waals surface area (Å²) in [7, 11) is 1.55. The van der Waals surface area contributed by atoms with E-state index in [0.717, 1.165) is 17.7 Å². The van der Waals surface area contributed by atoms with Crippen molar-refractivity contribution in [2.45, 2.75) is 26.4 Å². The first kappa shape index (κ1) is 24.4. The van der Waals surface area contributed by atoms with Crippen LogP contribution < -0.4 is 25.2 Å². The monoisotopic (exact) mass is 493 g/mol. The molecule has 4 rings (SSSR count). The molecule has 1 aliphatic rings. The third-order valence-corrected chi connectivity index (χ3v) is 6.37. The minimum atomic E-state index is -0.473. The topological polar surface area (TPSA) is 79.9 Å². The molecular formula is C27H28ClN3O4. The van der Waals surface area contributed by atoms with Crippen LogP contribution in [-0.2, 0) is 22.6 Å². The summed E-state index contributed by atoms with van der Waals surface area (Å²) >= 11 is 6.25. The molecule has 3 aromatic rings. The number of nitrogens with zero attached hydrogens (tertiary/aromatic N) is 1. The normalized spacial score (nSPS) is 15.1. The van der Waals surface area contributed by atoms with Gasteiger partial charge in [0.05, 0.1) is 18.7 Å². The van der Waals surface area contributed by atoms with E-state index in [4.69, 9.17) is 21.1 Å². The number of halogens is 1. The molecule has 7 nitrogen and oxygen atoms in total. The van der Waals surface area contributed by atoms with E-state index in [1.54, 1.807) is 36.3 Å². The van der Waals surface area contributed by atoms with Crippen LogP contribution in [0.15, 0.2) is 66.7 Å². The van der Waals surface area contributed by atoms with Crippen molar-refractivity contribution in [3.63, 3.8) is 0 Å². The maximum absolute atomic E-state index is 12.9. The number of aryl methyl sites for hydroxylation is 1. The van der Waals surface area contributed by atoms with Gasteiger partial charge in [0.2, 0.25) is 11.8 Å². The minimum absolute atomic E-state index is 0.0699. The van der Waals surface area contributed by atoms with E-state index in [9.17, 15) is 9.59 Å². The van der Waals surface area contributed by atoms with Gasteiger partial charge in [-0.25, -0.2) is 0 Å². The van der Waals surface area contributed by atoms with Crippen LogP contribution >= 0.6 is 11.6 Å². The summed E-state index contributed by atoms with van der Waals surface area (Å²) in [6.07, 6.45) is 1.08. The van der Waals surface area contributed by atoms with Crippen LogP contribution in [0, 0.1) is 5.92 Å². The smallest absolute Gasteiger partial charge is 0.243 e. The zero-order valence-electron chi connectivity index (χ0n) is 19.7. The van der Waals surface area contributed by atoms with E-state index in [1.807, 2.05) is 42.5 Å². The molecule has 8 heteroatoms. The molecule has 3 aromatic carbocycles. The fourth-order valence-corrected chi connectivity index (χ4v) is 4.15. The predicted octanol–water partition coefficient (Wildman–Crippen LogP) is 4.99. The van der Waals surface area contributed by atoms with Crippen LogP contribution in [0.5, 0.6) is 11.5 Å². The van der Waals surface area contributed by atoms with E-state index in [1.165, 1.54) is 5.56 Å². The van der Waals surface area contributed by atoms with E-state index >= 15 is 0 Å². The highest BCUT2D eigenvalue weighted by molar-refractivity contribution is 6.31. The van der Waals surface area contributed by atoms with Crippen molar-refractivity contribution in [2.24, 2.45) is 5.92 Å². The molecule has 0 aromatic heterocycles. The zero-order chi connectivity index (χ0) is 24.8. The zero-order valence-corrected chi connectivity index (χ0v) is 20.5. The summed E-state index contributed by atoms with van der Waals surface area (Å²) in [4.78, 5) is 27.1. The number of rotatable bonds is 9. The van der Waals surface area contributed by atoms with Crippen molar-refractivity contribution in [1.29, 1.82) is 0 Å². The average molecular weight is 494 g/mol. The van der Waals surface area contributed by atoms with Gasteiger partial charge < -0.3 is 14.4 Å². The molecule has 0 bridgehead atoms. The highest BCUT2D eigenvalue weighted by Crippen LogP contribution is 2.36. The van der Waals surface area contributed by atoms with Gasteiger partial charge in [-0.1, -0.05) is 54.9 Å². The second-order valence-corrected chi connectivity index (χ2v) is 8.66. The number of amides is 2. The van der Waals surface area contributed by atoms with Gasteiger partial charge in [-0.05, 0) is 42.3 Å². The highest BCUT2D eigenvalue weighted by atomic mass is 35.5.